The van der Waals surface area contributed by atoms with Crippen molar-refractivity contribution in [3.63, 3.8) is 0 Å². The van der Waals surface area contributed by atoms with E-state index in [1.807, 2.05) is 0 Å². The molecule has 3 aromatic rings. The lowest BCUT2D eigenvalue weighted by Crippen LogP contribution is -1.99. The number of methoxy groups -OCH3 is 1. The average molecular weight is 265 g/mol. The molecule has 20 heavy (non-hydrogen) atoms. The van der Waals surface area contributed by atoms with Crippen molar-refractivity contribution in [2.45, 2.75) is 19.9 Å². The molecule has 0 amide bonds. The second-order valence-corrected chi connectivity index (χ2v) is 5.00. The predicted octanol–water partition coefficient (Wildman–Crippen LogP) is 4.26. The molecule has 0 unspecified atom stereocenters. The number of aromatic nitrogens is 1. The van der Waals surface area contributed by atoms with Crippen molar-refractivity contribution < 1.29 is 4.74 Å². The normalized spacial score (nSPS) is 10.9. The molecule has 3 rings (SSSR count). The van der Waals surface area contributed by atoms with Crippen LogP contribution >= 0.6 is 0 Å². The van der Waals surface area contributed by atoms with E-state index in [0.29, 0.717) is 0 Å². The molecular weight excluding hydrogens is 246 g/mol. The van der Waals surface area contributed by atoms with Gasteiger partial charge in [0.1, 0.15) is 5.75 Å². The standard InChI is InChI=1S/C18H19NO/c1-3-15-12-14(8-9-18(15)20-2)13-19-11-10-16-6-4-5-7-17(16)19/h4-12H,3,13H2,1-2H3. The van der Waals surface area contributed by atoms with Gasteiger partial charge in [0, 0.05) is 18.3 Å². The van der Waals surface area contributed by atoms with Crippen LogP contribution in [0.25, 0.3) is 10.9 Å². The monoisotopic (exact) mass is 265 g/mol. The summed E-state index contributed by atoms with van der Waals surface area (Å²) in [5, 5.41) is 1.29. The summed E-state index contributed by atoms with van der Waals surface area (Å²) in [6, 6.07) is 17.1. The second-order valence-electron chi connectivity index (χ2n) is 5.00. The van der Waals surface area contributed by atoms with Crippen LogP contribution in [0.3, 0.4) is 0 Å². The Kier molecular flexibility index (Phi) is 3.46. The second kappa shape index (κ2) is 5.41. The van der Waals surface area contributed by atoms with Gasteiger partial charge in [-0.25, -0.2) is 0 Å². The SMILES string of the molecule is CCc1cc(Cn2ccc3ccccc32)ccc1OC. The van der Waals surface area contributed by atoms with Crippen molar-refractivity contribution in [3.8, 4) is 5.75 Å². The lowest BCUT2D eigenvalue weighted by molar-refractivity contribution is 0.410. The van der Waals surface area contributed by atoms with Gasteiger partial charge in [-0.1, -0.05) is 37.3 Å². The van der Waals surface area contributed by atoms with Crippen molar-refractivity contribution in [2.24, 2.45) is 0 Å². The van der Waals surface area contributed by atoms with E-state index in [0.717, 1.165) is 18.7 Å². The van der Waals surface area contributed by atoms with Crippen molar-refractivity contribution in [1.82, 2.24) is 4.57 Å². The van der Waals surface area contributed by atoms with Crippen LogP contribution in [0.1, 0.15) is 18.1 Å². The Morgan fingerprint density at radius 1 is 1.05 bits per heavy atom. The van der Waals surface area contributed by atoms with Gasteiger partial charge in [0.2, 0.25) is 0 Å². The predicted molar refractivity (Wildman–Crippen MR) is 83.4 cm³/mol. The fourth-order valence-corrected chi connectivity index (χ4v) is 2.68. The lowest BCUT2D eigenvalue weighted by Gasteiger charge is -2.11. The summed E-state index contributed by atoms with van der Waals surface area (Å²) in [5.74, 6) is 0.980. The Bertz CT molecular complexity index is 727. The van der Waals surface area contributed by atoms with Gasteiger partial charge in [0.15, 0.2) is 0 Å². The van der Waals surface area contributed by atoms with Crippen molar-refractivity contribution >= 4 is 10.9 Å². The first-order valence-electron chi connectivity index (χ1n) is 7.01. The first-order valence-corrected chi connectivity index (χ1v) is 7.01. The van der Waals surface area contributed by atoms with Gasteiger partial charge in [0.05, 0.1) is 7.11 Å². The van der Waals surface area contributed by atoms with Crippen LogP contribution in [0.15, 0.2) is 54.7 Å². The van der Waals surface area contributed by atoms with Crippen LogP contribution in [-0.4, -0.2) is 11.7 Å². The zero-order chi connectivity index (χ0) is 13.9. The van der Waals surface area contributed by atoms with Crippen molar-refractivity contribution in [2.75, 3.05) is 7.11 Å². The molecule has 0 aliphatic rings. The highest BCUT2D eigenvalue weighted by Crippen LogP contribution is 2.22. The molecule has 0 N–H and O–H groups in total. The summed E-state index contributed by atoms with van der Waals surface area (Å²) in [4.78, 5) is 0. The van der Waals surface area contributed by atoms with Crippen LogP contribution in [0.4, 0.5) is 0 Å². The Hall–Kier alpha value is -2.22. The summed E-state index contributed by atoms with van der Waals surface area (Å²) < 4.78 is 7.68. The maximum absolute atomic E-state index is 5.39. The molecule has 2 nitrogen and oxygen atoms in total. The summed E-state index contributed by atoms with van der Waals surface area (Å²) in [6.07, 6.45) is 3.14. The molecule has 0 aliphatic heterocycles. The molecule has 0 radical (unpaired) electrons. The first-order chi connectivity index (χ1) is 9.81. The molecule has 0 spiro atoms. The summed E-state index contributed by atoms with van der Waals surface area (Å²) in [6.45, 7) is 3.05. The van der Waals surface area contributed by atoms with E-state index in [-0.39, 0.29) is 0 Å². The van der Waals surface area contributed by atoms with E-state index in [4.69, 9.17) is 4.74 Å². The minimum atomic E-state index is 0.893. The minimum absolute atomic E-state index is 0.893. The molecule has 102 valence electrons. The average Bonchev–Trinajstić information content (AvgIpc) is 2.90. The molecule has 0 saturated heterocycles. The fraction of sp³-hybridized carbons (Fsp3) is 0.222. The van der Waals surface area contributed by atoms with E-state index in [1.54, 1.807) is 7.11 Å². The Labute approximate surface area is 119 Å². The van der Waals surface area contributed by atoms with E-state index < -0.39 is 0 Å². The molecule has 0 fully saturated rings. The molecule has 2 heteroatoms. The number of hydrogen-bond acceptors (Lipinski definition) is 1. The molecule has 0 atom stereocenters. The summed E-state index contributed by atoms with van der Waals surface area (Å²) in [5.41, 5.74) is 3.85. The third-order valence-electron chi connectivity index (χ3n) is 3.76. The fourth-order valence-electron chi connectivity index (χ4n) is 2.68. The van der Waals surface area contributed by atoms with Crippen LogP contribution in [0.2, 0.25) is 0 Å². The molecule has 0 saturated carbocycles. The number of ether oxygens (including phenoxy) is 1. The van der Waals surface area contributed by atoms with Gasteiger partial charge >= 0.3 is 0 Å². The van der Waals surface area contributed by atoms with Gasteiger partial charge < -0.3 is 9.30 Å². The van der Waals surface area contributed by atoms with Gasteiger partial charge in [-0.15, -0.1) is 0 Å². The first kappa shape index (κ1) is 12.8. The van der Waals surface area contributed by atoms with Gasteiger partial charge in [0.25, 0.3) is 0 Å². The zero-order valence-corrected chi connectivity index (χ0v) is 12.0. The van der Waals surface area contributed by atoms with Crippen LogP contribution in [0.5, 0.6) is 5.75 Å². The number of nitrogens with zero attached hydrogens (tertiary/aromatic N) is 1. The topological polar surface area (TPSA) is 14.2 Å². The molecular formula is C18H19NO. The number of fused-ring (bicyclic) bond motifs is 1. The third-order valence-corrected chi connectivity index (χ3v) is 3.76. The minimum Gasteiger partial charge on any atom is -0.496 e. The molecule has 1 heterocycles. The highest BCUT2D eigenvalue weighted by atomic mass is 16.5. The van der Waals surface area contributed by atoms with E-state index in [9.17, 15) is 0 Å². The molecule has 1 aromatic heterocycles. The van der Waals surface area contributed by atoms with Crippen LogP contribution < -0.4 is 4.74 Å². The highest BCUT2D eigenvalue weighted by molar-refractivity contribution is 5.80. The summed E-state index contributed by atoms with van der Waals surface area (Å²) in [7, 11) is 1.73. The molecule has 0 aliphatic carbocycles. The number of hydrogen-bond donors (Lipinski definition) is 0. The van der Waals surface area contributed by atoms with Crippen LogP contribution in [-0.2, 0) is 13.0 Å². The van der Waals surface area contributed by atoms with Crippen molar-refractivity contribution in [1.29, 1.82) is 0 Å². The quantitative estimate of drug-likeness (QED) is 0.687. The van der Waals surface area contributed by atoms with Crippen molar-refractivity contribution in [3.05, 3.63) is 65.9 Å². The number of para-hydroxylation sites is 1. The lowest BCUT2D eigenvalue weighted by atomic mass is 10.1. The van der Waals surface area contributed by atoms with Crippen LogP contribution in [0, 0.1) is 0 Å². The maximum atomic E-state index is 5.39. The Morgan fingerprint density at radius 2 is 1.90 bits per heavy atom. The number of aryl methyl sites for hydroxylation is 1. The van der Waals surface area contributed by atoms with Gasteiger partial charge in [-0.2, -0.15) is 0 Å². The van der Waals surface area contributed by atoms with E-state index in [1.165, 1.54) is 22.0 Å². The van der Waals surface area contributed by atoms with Gasteiger partial charge in [-0.05, 0) is 41.1 Å². The third kappa shape index (κ3) is 2.29. The maximum Gasteiger partial charge on any atom is 0.122 e. The summed E-state index contributed by atoms with van der Waals surface area (Å²) >= 11 is 0. The largest absolute Gasteiger partial charge is 0.496 e. The number of benzene rings is 2. The van der Waals surface area contributed by atoms with E-state index >= 15 is 0 Å². The molecule has 2 aromatic carbocycles. The van der Waals surface area contributed by atoms with Gasteiger partial charge in [-0.3, -0.25) is 0 Å². The number of rotatable bonds is 4. The smallest absolute Gasteiger partial charge is 0.122 e. The Balaban J connectivity index is 1.95. The highest BCUT2D eigenvalue weighted by Gasteiger charge is 2.05. The molecule has 0 bridgehead atoms. The van der Waals surface area contributed by atoms with E-state index in [2.05, 4.69) is 66.2 Å². The zero-order valence-electron chi connectivity index (χ0n) is 12.0. The Morgan fingerprint density at radius 3 is 2.70 bits per heavy atom.